The van der Waals surface area contributed by atoms with Gasteiger partial charge in [0, 0.05) is 22.7 Å². The fourth-order valence-corrected chi connectivity index (χ4v) is 3.19. The minimum Gasteiger partial charge on any atom is -0.494 e. The number of rotatable bonds is 5. The zero-order valence-electron chi connectivity index (χ0n) is 13.1. The molecule has 0 radical (unpaired) electrons. The van der Waals surface area contributed by atoms with Crippen molar-refractivity contribution in [1.29, 1.82) is 0 Å². The molecule has 0 fully saturated rings. The lowest BCUT2D eigenvalue weighted by Gasteiger charge is -2.04. The Balaban J connectivity index is 1.50. The number of nitrogens with one attached hydrogen (secondary N) is 1. The SMILES string of the molecule is CCOc1ccc(-c2csc(Nc3ccc4c(c3)OCO4)n2)cc1. The van der Waals surface area contributed by atoms with Gasteiger partial charge in [-0.3, -0.25) is 0 Å². The monoisotopic (exact) mass is 340 g/mol. The van der Waals surface area contributed by atoms with Gasteiger partial charge < -0.3 is 19.5 Å². The van der Waals surface area contributed by atoms with E-state index in [-0.39, 0.29) is 6.79 Å². The van der Waals surface area contributed by atoms with Crippen molar-refractivity contribution in [2.75, 3.05) is 18.7 Å². The molecule has 0 unspecified atom stereocenters. The summed E-state index contributed by atoms with van der Waals surface area (Å²) in [5, 5.41) is 6.17. The lowest BCUT2D eigenvalue weighted by molar-refractivity contribution is 0.174. The molecule has 2 aromatic carbocycles. The van der Waals surface area contributed by atoms with Gasteiger partial charge in [-0.05, 0) is 43.3 Å². The van der Waals surface area contributed by atoms with Crippen LogP contribution < -0.4 is 19.5 Å². The Bertz CT molecular complexity index is 846. The number of ether oxygens (including phenoxy) is 3. The molecule has 4 rings (SSSR count). The third kappa shape index (κ3) is 3.00. The molecular weight excluding hydrogens is 324 g/mol. The summed E-state index contributed by atoms with van der Waals surface area (Å²) >= 11 is 1.56. The topological polar surface area (TPSA) is 52.6 Å². The highest BCUT2D eigenvalue weighted by Crippen LogP contribution is 2.36. The van der Waals surface area contributed by atoms with Crippen LogP contribution in [0.15, 0.2) is 47.8 Å². The molecule has 3 aromatic rings. The molecule has 1 aliphatic rings. The molecule has 0 bridgehead atoms. The van der Waals surface area contributed by atoms with E-state index < -0.39 is 0 Å². The van der Waals surface area contributed by atoms with Gasteiger partial charge in [0.25, 0.3) is 0 Å². The molecular formula is C18H16N2O3S. The van der Waals surface area contributed by atoms with Gasteiger partial charge in [-0.25, -0.2) is 4.98 Å². The summed E-state index contributed by atoms with van der Waals surface area (Å²) in [6.45, 7) is 2.92. The third-order valence-corrected chi connectivity index (χ3v) is 4.35. The van der Waals surface area contributed by atoms with E-state index in [1.807, 2.05) is 54.8 Å². The van der Waals surface area contributed by atoms with Crippen molar-refractivity contribution < 1.29 is 14.2 Å². The van der Waals surface area contributed by atoms with Gasteiger partial charge in [0.2, 0.25) is 6.79 Å². The first-order chi connectivity index (χ1) is 11.8. The first-order valence-electron chi connectivity index (χ1n) is 7.67. The van der Waals surface area contributed by atoms with Crippen molar-refractivity contribution in [3.05, 3.63) is 47.8 Å². The van der Waals surface area contributed by atoms with Gasteiger partial charge in [-0.15, -0.1) is 11.3 Å². The average molecular weight is 340 g/mol. The van der Waals surface area contributed by atoms with Crippen LogP contribution in [0.2, 0.25) is 0 Å². The molecule has 0 atom stereocenters. The van der Waals surface area contributed by atoms with Gasteiger partial charge in [-0.2, -0.15) is 0 Å². The first-order valence-corrected chi connectivity index (χ1v) is 8.55. The fraction of sp³-hybridized carbons (Fsp3) is 0.167. The van der Waals surface area contributed by atoms with Gasteiger partial charge in [0.1, 0.15) is 5.75 Å². The van der Waals surface area contributed by atoms with Crippen LogP contribution in [0.5, 0.6) is 17.2 Å². The van der Waals surface area contributed by atoms with Crippen LogP contribution in [-0.4, -0.2) is 18.4 Å². The van der Waals surface area contributed by atoms with Crippen molar-refractivity contribution in [2.24, 2.45) is 0 Å². The Morgan fingerprint density at radius 3 is 2.79 bits per heavy atom. The van der Waals surface area contributed by atoms with Crippen LogP contribution in [0.3, 0.4) is 0 Å². The molecule has 5 nitrogen and oxygen atoms in total. The zero-order valence-corrected chi connectivity index (χ0v) is 13.9. The Morgan fingerprint density at radius 2 is 1.96 bits per heavy atom. The van der Waals surface area contributed by atoms with Crippen molar-refractivity contribution in [2.45, 2.75) is 6.92 Å². The van der Waals surface area contributed by atoms with E-state index in [0.29, 0.717) is 6.61 Å². The standard InChI is InChI=1S/C18H16N2O3S/c1-2-21-14-6-3-12(4-7-14)15-10-24-18(20-15)19-13-5-8-16-17(9-13)23-11-22-16/h3-10H,2,11H2,1H3,(H,19,20). The molecule has 0 saturated carbocycles. The van der Waals surface area contributed by atoms with E-state index in [2.05, 4.69) is 10.3 Å². The van der Waals surface area contributed by atoms with Gasteiger partial charge in [0.05, 0.1) is 12.3 Å². The zero-order chi connectivity index (χ0) is 16.4. The van der Waals surface area contributed by atoms with Crippen molar-refractivity contribution in [3.8, 4) is 28.5 Å². The average Bonchev–Trinajstić information content (AvgIpc) is 3.25. The van der Waals surface area contributed by atoms with Crippen LogP contribution in [-0.2, 0) is 0 Å². The third-order valence-electron chi connectivity index (χ3n) is 3.59. The van der Waals surface area contributed by atoms with Gasteiger partial charge >= 0.3 is 0 Å². The quantitative estimate of drug-likeness (QED) is 0.731. The normalized spacial score (nSPS) is 12.2. The molecule has 6 heteroatoms. The maximum atomic E-state index is 5.47. The number of anilines is 2. The number of benzene rings is 2. The summed E-state index contributed by atoms with van der Waals surface area (Å²) in [5.74, 6) is 2.40. The van der Waals surface area contributed by atoms with Crippen LogP contribution in [0.1, 0.15) is 6.92 Å². The number of nitrogens with zero attached hydrogens (tertiary/aromatic N) is 1. The largest absolute Gasteiger partial charge is 0.494 e. The number of hydrogen-bond acceptors (Lipinski definition) is 6. The van der Waals surface area contributed by atoms with Crippen molar-refractivity contribution >= 4 is 22.2 Å². The number of aromatic nitrogens is 1. The number of fused-ring (bicyclic) bond motifs is 1. The Hall–Kier alpha value is -2.73. The molecule has 0 aliphatic carbocycles. The van der Waals surface area contributed by atoms with Crippen LogP contribution in [0.4, 0.5) is 10.8 Å². The van der Waals surface area contributed by atoms with E-state index >= 15 is 0 Å². The van der Waals surface area contributed by atoms with Gasteiger partial charge in [-0.1, -0.05) is 0 Å². The van der Waals surface area contributed by atoms with E-state index in [1.165, 1.54) is 0 Å². The summed E-state index contributed by atoms with van der Waals surface area (Å²) in [5.41, 5.74) is 2.92. The predicted molar refractivity (Wildman–Crippen MR) is 94.6 cm³/mol. The summed E-state index contributed by atoms with van der Waals surface area (Å²) in [7, 11) is 0. The maximum absolute atomic E-state index is 5.47. The molecule has 0 spiro atoms. The highest BCUT2D eigenvalue weighted by molar-refractivity contribution is 7.14. The first kappa shape index (κ1) is 14.8. The summed E-state index contributed by atoms with van der Waals surface area (Å²) in [6, 6.07) is 13.7. The Morgan fingerprint density at radius 1 is 1.12 bits per heavy atom. The highest BCUT2D eigenvalue weighted by Gasteiger charge is 2.14. The van der Waals surface area contributed by atoms with E-state index in [0.717, 1.165) is 39.3 Å². The molecule has 0 amide bonds. The second-order valence-corrected chi connectivity index (χ2v) is 6.05. The number of thiazole rings is 1. The van der Waals surface area contributed by atoms with E-state index in [1.54, 1.807) is 11.3 Å². The molecule has 1 N–H and O–H groups in total. The molecule has 2 heterocycles. The maximum Gasteiger partial charge on any atom is 0.231 e. The summed E-state index contributed by atoms with van der Waals surface area (Å²) in [4.78, 5) is 4.64. The molecule has 0 saturated heterocycles. The fourth-order valence-electron chi connectivity index (χ4n) is 2.45. The lowest BCUT2D eigenvalue weighted by Crippen LogP contribution is -1.93. The Labute approximate surface area is 143 Å². The molecule has 1 aliphatic heterocycles. The van der Waals surface area contributed by atoms with Crippen LogP contribution in [0, 0.1) is 0 Å². The van der Waals surface area contributed by atoms with Crippen molar-refractivity contribution in [1.82, 2.24) is 4.98 Å². The highest BCUT2D eigenvalue weighted by atomic mass is 32.1. The number of hydrogen-bond donors (Lipinski definition) is 1. The Kier molecular flexibility index (Phi) is 3.96. The minimum atomic E-state index is 0.276. The molecule has 24 heavy (non-hydrogen) atoms. The summed E-state index contributed by atoms with van der Waals surface area (Å²) in [6.07, 6.45) is 0. The van der Waals surface area contributed by atoms with E-state index in [4.69, 9.17) is 14.2 Å². The second-order valence-electron chi connectivity index (χ2n) is 5.19. The molecule has 1 aromatic heterocycles. The lowest BCUT2D eigenvalue weighted by atomic mass is 10.2. The van der Waals surface area contributed by atoms with Crippen LogP contribution in [0.25, 0.3) is 11.3 Å². The summed E-state index contributed by atoms with van der Waals surface area (Å²) < 4.78 is 16.2. The smallest absolute Gasteiger partial charge is 0.231 e. The second kappa shape index (κ2) is 6.41. The van der Waals surface area contributed by atoms with E-state index in [9.17, 15) is 0 Å². The molecule has 122 valence electrons. The minimum absolute atomic E-state index is 0.276. The van der Waals surface area contributed by atoms with Gasteiger partial charge in [0.15, 0.2) is 16.6 Å². The van der Waals surface area contributed by atoms with Crippen molar-refractivity contribution in [3.63, 3.8) is 0 Å². The van der Waals surface area contributed by atoms with Crippen LogP contribution >= 0.6 is 11.3 Å². The predicted octanol–water partition coefficient (Wildman–Crippen LogP) is 4.68.